The van der Waals surface area contributed by atoms with Crippen molar-refractivity contribution in [2.75, 3.05) is 21.3 Å². The van der Waals surface area contributed by atoms with Gasteiger partial charge in [0.05, 0.1) is 14.2 Å². The molecule has 1 fully saturated rings. The van der Waals surface area contributed by atoms with E-state index >= 15 is 0 Å². The number of methoxy groups -OCH3 is 2. The standard InChI is InChI=1S/C16H25NO2/c1-17(14-7-5-4-6-8-14)12-13-9-10-15(18-2)16(11-13)19-3/h9-11,14H,4-8,12H2,1-3H3. The van der Waals surface area contributed by atoms with Crippen LogP contribution in [0.3, 0.4) is 0 Å². The molecule has 0 bridgehead atoms. The number of hydrogen-bond donors (Lipinski definition) is 0. The van der Waals surface area contributed by atoms with Crippen LogP contribution in [-0.4, -0.2) is 32.2 Å². The van der Waals surface area contributed by atoms with Crippen molar-refractivity contribution >= 4 is 0 Å². The second kappa shape index (κ2) is 6.80. The van der Waals surface area contributed by atoms with Crippen molar-refractivity contribution in [1.29, 1.82) is 0 Å². The average molecular weight is 263 g/mol. The van der Waals surface area contributed by atoms with Gasteiger partial charge >= 0.3 is 0 Å². The predicted molar refractivity (Wildman–Crippen MR) is 77.9 cm³/mol. The Kier molecular flexibility index (Phi) is 5.08. The summed E-state index contributed by atoms with van der Waals surface area (Å²) < 4.78 is 10.6. The number of nitrogens with zero attached hydrogens (tertiary/aromatic N) is 1. The molecular formula is C16H25NO2. The molecule has 0 radical (unpaired) electrons. The molecular weight excluding hydrogens is 238 g/mol. The summed E-state index contributed by atoms with van der Waals surface area (Å²) >= 11 is 0. The maximum Gasteiger partial charge on any atom is 0.161 e. The zero-order valence-electron chi connectivity index (χ0n) is 12.3. The first-order valence-corrected chi connectivity index (χ1v) is 7.15. The zero-order valence-corrected chi connectivity index (χ0v) is 12.3. The molecule has 0 heterocycles. The fraction of sp³-hybridized carbons (Fsp3) is 0.625. The highest BCUT2D eigenvalue weighted by Gasteiger charge is 2.18. The van der Waals surface area contributed by atoms with Crippen LogP contribution in [0.5, 0.6) is 11.5 Å². The minimum Gasteiger partial charge on any atom is -0.493 e. The highest BCUT2D eigenvalue weighted by atomic mass is 16.5. The molecule has 3 heteroatoms. The molecule has 1 aromatic rings. The molecule has 1 aliphatic carbocycles. The molecule has 1 saturated carbocycles. The summed E-state index contributed by atoms with van der Waals surface area (Å²) in [5.74, 6) is 1.61. The maximum atomic E-state index is 5.36. The van der Waals surface area contributed by atoms with Crippen molar-refractivity contribution in [3.8, 4) is 11.5 Å². The van der Waals surface area contributed by atoms with E-state index in [4.69, 9.17) is 9.47 Å². The van der Waals surface area contributed by atoms with Gasteiger partial charge in [0.25, 0.3) is 0 Å². The van der Waals surface area contributed by atoms with Crippen LogP contribution in [0.2, 0.25) is 0 Å². The Bertz CT molecular complexity index is 400. The normalized spacial score (nSPS) is 16.6. The van der Waals surface area contributed by atoms with Crippen molar-refractivity contribution in [3.05, 3.63) is 23.8 Å². The summed E-state index contributed by atoms with van der Waals surface area (Å²) in [6, 6.07) is 6.93. The van der Waals surface area contributed by atoms with Crippen LogP contribution in [0.25, 0.3) is 0 Å². The van der Waals surface area contributed by atoms with E-state index in [1.54, 1.807) is 14.2 Å². The third kappa shape index (κ3) is 3.63. The van der Waals surface area contributed by atoms with E-state index in [9.17, 15) is 0 Å². The van der Waals surface area contributed by atoms with Crippen molar-refractivity contribution < 1.29 is 9.47 Å². The lowest BCUT2D eigenvalue weighted by Crippen LogP contribution is -2.32. The molecule has 19 heavy (non-hydrogen) atoms. The zero-order chi connectivity index (χ0) is 13.7. The summed E-state index contributed by atoms with van der Waals surface area (Å²) in [5.41, 5.74) is 1.28. The van der Waals surface area contributed by atoms with Gasteiger partial charge in [0.15, 0.2) is 11.5 Å². The van der Waals surface area contributed by atoms with Gasteiger partial charge in [-0.3, -0.25) is 4.90 Å². The number of ether oxygens (including phenoxy) is 2. The summed E-state index contributed by atoms with van der Waals surface area (Å²) in [7, 11) is 5.59. The Morgan fingerprint density at radius 1 is 1.05 bits per heavy atom. The van der Waals surface area contributed by atoms with Gasteiger partial charge in [0.1, 0.15) is 0 Å². The molecule has 0 amide bonds. The summed E-state index contributed by atoms with van der Waals surface area (Å²) in [6.45, 7) is 0.977. The molecule has 3 nitrogen and oxygen atoms in total. The van der Waals surface area contributed by atoms with Crippen LogP contribution >= 0.6 is 0 Å². The second-order valence-electron chi connectivity index (χ2n) is 5.40. The van der Waals surface area contributed by atoms with E-state index < -0.39 is 0 Å². The van der Waals surface area contributed by atoms with Gasteiger partial charge in [-0.1, -0.05) is 25.3 Å². The Labute approximate surface area is 116 Å². The highest BCUT2D eigenvalue weighted by Crippen LogP contribution is 2.29. The molecule has 0 aliphatic heterocycles. The molecule has 106 valence electrons. The van der Waals surface area contributed by atoms with Crippen LogP contribution in [0.15, 0.2) is 18.2 Å². The van der Waals surface area contributed by atoms with Crippen molar-refractivity contribution in [2.24, 2.45) is 0 Å². The van der Waals surface area contributed by atoms with E-state index in [2.05, 4.69) is 24.1 Å². The fourth-order valence-corrected chi connectivity index (χ4v) is 2.92. The van der Waals surface area contributed by atoms with E-state index in [1.807, 2.05) is 6.07 Å². The lowest BCUT2D eigenvalue weighted by Gasteiger charge is -2.31. The maximum absolute atomic E-state index is 5.36. The minimum absolute atomic E-state index is 0.738. The number of hydrogen-bond acceptors (Lipinski definition) is 3. The molecule has 0 unspecified atom stereocenters. The van der Waals surface area contributed by atoms with Crippen molar-refractivity contribution in [1.82, 2.24) is 4.90 Å². The predicted octanol–water partition coefficient (Wildman–Crippen LogP) is 3.47. The van der Waals surface area contributed by atoms with Crippen LogP contribution < -0.4 is 9.47 Å². The number of rotatable bonds is 5. The van der Waals surface area contributed by atoms with E-state index in [0.717, 1.165) is 24.1 Å². The number of benzene rings is 1. The quantitative estimate of drug-likeness (QED) is 0.812. The third-order valence-electron chi connectivity index (χ3n) is 4.08. The van der Waals surface area contributed by atoms with Gasteiger partial charge in [0, 0.05) is 12.6 Å². The van der Waals surface area contributed by atoms with Gasteiger partial charge in [-0.15, -0.1) is 0 Å². The third-order valence-corrected chi connectivity index (χ3v) is 4.08. The first-order valence-electron chi connectivity index (χ1n) is 7.15. The van der Waals surface area contributed by atoms with E-state index in [0.29, 0.717) is 0 Å². The SMILES string of the molecule is COc1ccc(CN(C)C2CCCCC2)cc1OC. The van der Waals surface area contributed by atoms with Gasteiger partial charge in [0.2, 0.25) is 0 Å². The Balaban J connectivity index is 2.01. The summed E-state index contributed by atoms with van der Waals surface area (Å²) in [5, 5.41) is 0. The summed E-state index contributed by atoms with van der Waals surface area (Å²) in [4.78, 5) is 2.47. The first kappa shape index (κ1) is 14.2. The molecule has 0 atom stereocenters. The second-order valence-corrected chi connectivity index (χ2v) is 5.40. The van der Waals surface area contributed by atoms with Gasteiger partial charge in [-0.25, -0.2) is 0 Å². The van der Waals surface area contributed by atoms with Gasteiger partial charge in [-0.05, 0) is 37.6 Å². The van der Waals surface area contributed by atoms with Gasteiger partial charge in [-0.2, -0.15) is 0 Å². The lowest BCUT2D eigenvalue weighted by atomic mass is 9.94. The van der Waals surface area contributed by atoms with E-state index in [-0.39, 0.29) is 0 Å². The molecule has 0 aromatic heterocycles. The largest absolute Gasteiger partial charge is 0.493 e. The molecule has 0 spiro atoms. The molecule has 0 N–H and O–H groups in total. The van der Waals surface area contributed by atoms with Crippen molar-refractivity contribution in [3.63, 3.8) is 0 Å². The van der Waals surface area contributed by atoms with Gasteiger partial charge < -0.3 is 9.47 Å². The lowest BCUT2D eigenvalue weighted by molar-refractivity contribution is 0.184. The Morgan fingerprint density at radius 3 is 2.37 bits per heavy atom. The molecule has 2 rings (SSSR count). The van der Waals surface area contributed by atoms with Crippen LogP contribution in [0.4, 0.5) is 0 Å². The summed E-state index contributed by atoms with van der Waals surface area (Å²) in [6.07, 6.45) is 6.83. The Morgan fingerprint density at radius 2 is 1.74 bits per heavy atom. The van der Waals surface area contributed by atoms with E-state index in [1.165, 1.54) is 37.7 Å². The average Bonchev–Trinajstić information content (AvgIpc) is 2.48. The molecule has 1 aromatic carbocycles. The topological polar surface area (TPSA) is 21.7 Å². The van der Waals surface area contributed by atoms with Crippen LogP contribution in [-0.2, 0) is 6.54 Å². The molecule has 1 aliphatic rings. The highest BCUT2D eigenvalue weighted by molar-refractivity contribution is 5.42. The minimum atomic E-state index is 0.738. The smallest absolute Gasteiger partial charge is 0.161 e. The monoisotopic (exact) mass is 263 g/mol. The first-order chi connectivity index (χ1) is 9.24. The Hall–Kier alpha value is -1.22. The van der Waals surface area contributed by atoms with Crippen LogP contribution in [0, 0.1) is 0 Å². The van der Waals surface area contributed by atoms with Crippen LogP contribution in [0.1, 0.15) is 37.7 Å². The molecule has 0 saturated heterocycles. The van der Waals surface area contributed by atoms with Crippen molar-refractivity contribution in [2.45, 2.75) is 44.7 Å². The fourth-order valence-electron chi connectivity index (χ4n) is 2.92.